The number of carbonyl (C=O) groups excluding carboxylic acids is 1. The van der Waals surface area contributed by atoms with Crippen molar-refractivity contribution in [3.05, 3.63) is 0 Å². The fourth-order valence-electron chi connectivity index (χ4n) is 1.43. The smallest absolute Gasteiger partial charge is 0.298 e. The van der Waals surface area contributed by atoms with Crippen molar-refractivity contribution in [1.29, 1.82) is 0 Å². The fraction of sp³-hybridized carbons (Fsp3) is 0.667. The summed E-state index contributed by atoms with van der Waals surface area (Å²) in [6, 6.07) is 0.280. The lowest BCUT2D eigenvalue weighted by molar-refractivity contribution is -0.126. The molecule has 1 N–H and O–H groups in total. The van der Waals surface area contributed by atoms with Crippen LogP contribution >= 0.6 is 0 Å². The maximum Gasteiger partial charge on any atom is 0.298 e. The highest BCUT2D eigenvalue weighted by molar-refractivity contribution is 5.92. The third kappa shape index (κ3) is 1.99. The molecule has 1 rings (SSSR count). The van der Waals surface area contributed by atoms with E-state index in [1.54, 1.807) is 11.9 Å². The SMILES string of the molecule is C#CC(=O)N(C)C1CCCNC1. The summed E-state index contributed by atoms with van der Waals surface area (Å²) in [5.74, 6) is 1.90. The second-order valence-corrected chi connectivity index (χ2v) is 3.06. The second-order valence-electron chi connectivity index (χ2n) is 3.06. The van der Waals surface area contributed by atoms with E-state index >= 15 is 0 Å². The zero-order valence-corrected chi connectivity index (χ0v) is 7.34. The molecule has 1 heterocycles. The highest BCUT2D eigenvalue weighted by Gasteiger charge is 2.20. The van der Waals surface area contributed by atoms with Crippen LogP contribution in [0.15, 0.2) is 0 Å². The van der Waals surface area contributed by atoms with Crippen molar-refractivity contribution >= 4 is 5.91 Å². The largest absolute Gasteiger partial charge is 0.331 e. The monoisotopic (exact) mass is 166 g/mol. The van der Waals surface area contributed by atoms with Crippen LogP contribution in [0.3, 0.4) is 0 Å². The van der Waals surface area contributed by atoms with Gasteiger partial charge in [0.25, 0.3) is 5.91 Å². The molecule has 1 fully saturated rings. The number of terminal acetylenes is 1. The van der Waals surface area contributed by atoms with Crippen LogP contribution in [0.25, 0.3) is 0 Å². The molecule has 0 aliphatic carbocycles. The predicted octanol–water partition coefficient (Wildman–Crippen LogP) is -0.170. The highest BCUT2D eigenvalue weighted by Crippen LogP contribution is 2.07. The summed E-state index contributed by atoms with van der Waals surface area (Å²) in [5.41, 5.74) is 0. The van der Waals surface area contributed by atoms with Crippen LogP contribution < -0.4 is 5.32 Å². The molecule has 0 aromatic rings. The Bertz CT molecular complexity index is 201. The Balaban J connectivity index is 2.45. The number of nitrogens with zero attached hydrogens (tertiary/aromatic N) is 1. The van der Waals surface area contributed by atoms with E-state index in [0.29, 0.717) is 0 Å². The van der Waals surface area contributed by atoms with Crippen LogP contribution in [0.5, 0.6) is 0 Å². The summed E-state index contributed by atoms with van der Waals surface area (Å²) in [5, 5.41) is 3.23. The van der Waals surface area contributed by atoms with Gasteiger partial charge in [-0.1, -0.05) is 0 Å². The van der Waals surface area contributed by atoms with Gasteiger partial charge in [-0.25, -0.2) is 0 Å². The average molecular weight is 166 g/mol. The molecular formula is C9H14N2O. The van der Waals surface area contributed by atoms with Gasteiger partial charge in [0.05, 0.1) is 0 Å². The Labute approximate surface area is 73.1 Å². The summed E-state index contributed by atoms with van der Waals surface area (Å²) in [7, 11) is 1.76. The molecule has 12 heavy (non-hydrogen) atoms. The topological polar surface area (TPSA) is 32.3 Å². The minimum atomic E-state index is -0.219. The number of amides is 1. The van der Waals surface area contributed by atoms with Crippen molar-refractivity contribution in [2.75, 3.05) is 20.1 Å². The standard InChI is InChI=1S/C9H14N2O/c1-3-9(12)11(2)8-5-4-6-10-7-8/h1,8,10H,4-7H2,2H3. The van der Waals surface area contributed by atoms with Gasteiger partial charge in [-0.15, -0.1) is 6.42 Å². The van der Waals surface area contributed by atoms with Crippen molar-refractivity contribution in [3.63, 3.8) is 0 Å². The second kappa shape index (κ2) is 4.13. The van der Waals surface area contributed by atoms with Gasteiger partial charge < -0.3 is 10.2 Å². The minimum absolute atomic E-state index is 0.219. The summed E-state index contributed by atoms with van der Waals surface area (Å²) in [6.45, 7) is 1.92. The van der Waals surface area contributed by atoms with E-state index < -0.39 is 0 Å². The van der Waals surface area contributed by atoms with E-state index in [-0.39, 0.29) is 11.9 Å². The molecule has 0 spiro atoms. The van der Waals surface area contributed by atoms with E-state index in [1.165, 1.54) is 0 Å². The van der Waals surface area contributed by atoms with Crippen molar-refractivity contribution in [2.24, 2.45) is 0 Å². The van der Waals surface area contributed by atoms with Crippen LogP contribution in [-0.2, 0) is 4.79 Å². The third-order valence-electron chi connectivity index (χ3n) is 2.26. The van der Waals surface area contributed by atoms with Crippen molar-refractivity contribution in [3.8, 4) is 12.3 Å². The van der Waals surface area contributed by atoms with Crippen LogP contribution in [0.2, 0.25) is 0 Å². The normalized spacial score (nSPS) is 22.8. The molecule has 0 aromatic heterocycles. The molecule has 0 radical (unpaired) electrons. The molecule has 1 amide bonds. The maximum absolute atomic E-state index is 11.1. The lowest BCUT2D eigenvalue weighted by Gasteiger charge is -2.30. The Hall–Kier alpha value is -1.01. The van der Waals surface area contributed by atoms with Gasteiger partial charge in [-0.3, -0.25) is 4.79 Å². The Morgan fingerprint density at radius 3 is 3.00 bits per heavy atom. The zero-order chi connectivity index (χ0) is 8.97. The van der Waals surface area contributed by atoms with Gasteiger partial charge in [-0.05, 0) is 25.3 Å². The molecule has 66 valence electrons. The summed E-state index contributed by atoms with van der Waals surface area (Å²) in [4.78, 5) is 12.7. The molecule has 1 unspecified atom stereocenters. The first-order valence-electron chi connectivity index (χ1n) is 4.20. The van der Waals surface area contributed by atoms with Gasteiger partial charge in [0.15, 0.2) is 0 Å². The molecule has 0 aromatic carbocycles. The number of piperidine rings is 1. The molecule has 1 saturated heterocycles. The quantitative estimate of drug-likeness (QED) is 0.548. The summed E-state index contributed by atoms with van der Waals surface area (Å²) in [6.07, 6.45) is 7.19. The first-order valence-corrected chi connectivity index (χ1v) is 4.20. The van der Waals surface area contributed by atoms with Gasteiger partial charge in [0.1, 0.15) is 0 Å². The Kier molecular flexibility index (Phi) is 3.12. The lowest BCUT2D eigenvalue weighted by atomic mass is 10.1. The molecular weight excluding hydrogens is 152 g/mol. The van der Waals surface area contributed by atoms with Crippen molar-refractivity contribution in [2.45, 2.75) is 18.9 Å². The molecule has 0 bridgehead atoms. The fourth-order valence-corrected chi connectivity index (χ4v) is 1.43. The number of rotatable bonds is 1. The summed E-state index contributed by atoms with van der Waals surface area (Å²) >= 11 is 0. The minimum Gasteiger partial charge on any atom is -0.331 e. The van der Waals surface area contributed by atoms with E-state index in [2.05, 4.69) is 11.2 Å². The number of nitrogens with one attached hydrogen (secondary N) is 1. The first-order chi connectivity index (χ1) is 5.75. The first kappa shape index (κ1) is 9.08. The van der Waals surface area contributed by atoms with E-state index in [1.807, 2.05) is 0 Å². The molecule has 1 aliphatic rings. The molecule has 1 aliphatic heterocycles. The maximum atomic E-state index is 11.1. The molecule has 3 heteroatoms. The molecule has 1 atom stereocenters. The third-order valence-corrected chi connectivity index (χ3v) is 2.26. The Morgan fingerprint density at radius 2 is 2.50 bits per heavy atom. The number of carbonyl (C=O) groups is 1. The Morgan fingerprint density at radius 1 is 1.75 bits per heavy atom. The highest BCUT2D eigenvalue weighted by atomic mass is 16.2. The lowest BCUT2D eigenvalue weighted by Crippen LogP contribution is -2.46. The predicted molar refractivity (Wildman–Crippen MR) is 47.5 cm³/mol. The van der Waals surface area contributed by atoms with E-state index in [9.17, 15) is 4.79 Å². The van der Waals surface area contributed by atoms with Crippen LogP contribution in [0, 0.1) is 12.3 Å². The van der Waals surface area contributed by atoms with Crippen LogP contribution in [0.4, 0.5) is 0 Å². The zero-order valence-electron chi connectivity index (χ0n) is 7.34. The van der Waals surface area contributed by atoms with E-state index in [0.717, 1.165) is 25.9 Å². The number of hydrogen-bond donors (Lipinski definition) is 1. The average Bonchev–Trinajstić information content (AvgIpc) is 2.17. The summed E-state index contributed by atoms with van der Waals surface area (Å²) < 4.78 is 0. The number of hydrogen-bond acceptors (Lipinski definition) is 2. The number of likely N-dealkylation sites (N-methyl/N-ethyl adjacent to an activating group) is 1. The molecule has 0 saturated carbocycles. The van der Waals surface area contributed by atoms with Gasteiger partial charge in [0, 0.05) is 19.6 Å². The van der Waals surface area contributed by atoms with Crippen molar-refractivity contribution in [1.82, 2.24) is 10.2 Å². The van der Waals surface area contributed by atoms with Gasteiger partial charge in [-0.2, -0.15) is 0 Å². The van der Waals surface area contributed by atoms with Crippen LogP contribution in [-0.4, -0.2) is 37.0 Å². The van der Waals surface area contributed by atoms with Crippen molar-refractivity contribution < 1.29 is 4.79 Å². The van der Waals surface area contributed by atoms with Gasteiger partial charge >= 0.3 is 0 Å². The van der Waals surface area contributed by atoms with Crippen LogP contribution in [0.1, 0.15) is 12.8 Å². The van der Waals surface area contributed by atoms with E-state index in [4.69, 9.17) is 6.42 Å². The molecule has 3 nitrogen and oxygen atoms in total. The van der Waals surface area contributed by atoms with Gasteiger partial charge in [0.2, 0.25) is 0 Å².